The zero-order valence-electron chi connectivity index (χ0n) is 12.3. The summed E-state index contributed by atoms with van der Waals surface area (Å²) >= 11 is 1.89. The van der Waals surface area contributed by atoms with Gasteiger partial charge in [0.15, 0.2) is 5.96 Å². The van der Waals surface area contributed by atoms with E-state index in [0.717, 1.165) is 37.7 Å². The molecule has 1 aromatic carbocycles. The first-order valence-electron chi connectivity index (χ1n) is 7.50. The normalized spacial score (nSPS) is 16.2. The van der Waals surface area contributed by atoms with Crippen LogP contribution in [0.5, 0.6) is 0 Å². The van der Waals surface area contributed by atoms with Crippen molar-refractivity contribution in [3.8, 4) is 0 Å². The van der Waals surface area contributed by atoms with E-state index in [-0.39, 0.29) is 0 Å². The number of likely N-dealkylation sites (tertiary alicyclic amines) is 1. The molecule has 0 radical (unpaired) electrons. The third-order valence-corrected chi connectivity index (χ3v) is 4.15. The summed E-state index contributed by atoms with van der Waals surface area (Å²) in [6, 6.07) is 10.4. The highest BCUT2D eigenvalue weighted by Crippen LogP contribution is 2.12. The Labute approximate surface area is 126 Å². The first-order valence-corrected chi connectivity index (χ1v) is 8.90. The Kier molecular flexibility index (Phi) is 6.78. The lowest BCUT2D eigenvalue weighted by Gasteiger charge is -2.30. The van der Waals surface area contributed by atoms with Crippen molar-refractivity contribution in [2.75, 3.05) is 37.0 Å². The van der Waals surface area contributed by atoms with E-state index in [4.69, 9.17) is 4.99 Å². The van der Waals surface area contributed by atoms with Crippen molar-refractivity contribution in [3.63, 3.8) is 0 Å². The smallest absolute Gasteiger partial charge is 0.198 e. The largest absolute Gasteiger partial charge is 0.343 e. The second-order valence-electron chi connectivity index (χ2n) is 5.09. The Bertz CT molecular complexity index is 399. The zero-order valence-corrected chi connectivity index (χ0v) is 13.2. The second kappa shape index (κ2) is 8.90. The molecule has 0 saturated carbocycles. The number of thioether (sulfide) groups is 1. The number of hydrogen-bond donors (Lipinski definition) is 1. The molecule has 1 aliphatic heterocycles. The summed E-state index contributed by atoms with van der Waals surface area (Å²) in [5, 5.41) is 3.49. The third-order valence-electron chi connectivity index (χ3n) is 3.45. The first kappa shape index (κ1) is 15.2. The van der Waals surface area contributed by atoms with Gasteiger partial charge in [0.1, 0.15) is 0 Å². The van der Waals surface area contributed by atoms with Gasteiger partial charge in [-0.05, 0) is 49.8 Å². The van der Waals surface area contributed by atoms with Crippen LogP contribution in [0.3, 0.4) is 0 Å². The predicted octanol–water partition coefficient (Wildman–Crippen LogP) is 3.69. The number of guanidine groups is 1. The Morgan fingerprint density at radius 2 is 1.95 bits per heavy atom. The minimum Gasteiger partial charge on any atom is -0.343 e. The van der Waals surface area contributed by atoms with Crippen molar-refractivity contribution in [2.45, 2.75) is 25.7 Å². The molecule has 3 nitrogen and oxygen atoms in total. The molecule has 1 heterocycles. The standard InChI is InChI=1S/C16H25N3S/c1-20-14-8-11-17-16(19-12-6-3-7-13-19)18-15-9-4-2-5-10-15/h2,4-5,9-10H,3,6-8,11-14H2,1H3,(H,17,18). The topological polar surface area (TPSA) is 27.6 Å². The molecular weight excluding hydrogens is 266 g/mol. The Balaban J connectivity index is 1.98. The van der Waals surface area contributed by atoms with Crippen molar-refractivity contribution in [2.24, 2.45) is 4.99 Å². The van der Waals surface area contributed by atoms with E-state index in [1.807, 2.05) is 17.8 Å². The number of hydrogen-bond acceptors (Lipinski definition) is 2. The molecule has 4 heteroatoms. The molecule has 0 spiro atoms. The van der Waals surface area contributed by atoms with Crippen LogP contribution in [0.4, 0.5) is 5.69 Å². The predicted molar refractivity (Wildman–Crippen MR) is 90.8 cm³/mol. The molecule has 0 atom stereocenters. The van der Waals surface area contributed by atoms with E-state index < -0.39 is 0 Å². The maximum atomic E-state index is 4.80. The zero-order chi connectivity index (χ0) is 14.0. The molecule has 0 unspecified atom stereocenters. The maximum absolute atomic E-state index is 4.80. The van der Waals surface area contributed by atoms with Gasteiger partial charge >= 0.3 is 0 Å². The minimum absolute atomic E-state index is 0.909. The van der Waals surface area contributed by atoms with Gasteiger partial charge in [0, 0.05) is 25.3 Å². The van der Waals surface area contributed by atoms with Crippen molar-refractivity contribution in [1.82, 2.24) is 4.90 Å². The van der Waals surface area contributed by atoms with Gasteiger partial charge < -0.3 is 10.2 Å². The van der Waals surface area contributed by atoms with Crippen LogP contribution in [-0.4, -0.2) is 42.5 Å². The summed E-state index contributed by atoms with van der Waals surface area (Å²) in [6.07, 6.45) is 7.20. The van der Waals surface area contributed by atoms with E-state index >= 15 is 0 Å². The summed E-state index contributed by atoms with van der Waals surface area (Å²) in [6.45, 7) is 3.16. The molecule has 110 valence electrons. The highest BCUT2D eigenvalue weighted by atomic mass is 32.2. The molecule has 2 rings (SSSR count). The number of aliphatic imine (C=N–C) groups is 1. The molecular formula is C16H25N3S. The first-order chi connectivity index (χ1) is 9.90. The van der Waals surface area contributed by atoms with Crippen LogP contribution < -0.4 is 5.32 Å². The lowest BCUT2D eigenvalue weighted by atomic mass is 10.1. The average molecular weight is 291 g/mol. The molecule has 1 fully saturated rings. The van der Waals surface area contributed by atoms with Gasteiger partial charge in [0.05, 0.1) is 0 Å². The maximum Gasteiger partial charge on any atom is 0.198 e. The van der Waals surface area contributed by atoms with E-state index in [1.54, 1.807) is 0 Å². The van der Waals surface area contributed by atoms with Crippen molar-refractivity contribution in [1.29, 1.82) is 0 Å². The molecule has 1 N–H and O–H groups in total. The van der Waals surface area contributed by atoms with Gasteiger partial charge in [-0.1, -0.05) is 18.2 Å². The van der Waals surface area contributed by atoms with Crippen LogP contribution in [0.15, 0.2) is 35.3 Å². The van der Waals surface area contributed by atoms with Gasteiger partial charge in [0.25, 0.3) is 0 Å². The number of nitrogens with one attached hydrogen (secondary N) is 1. The van der Waals surface area contributed by atoms with E-state index in [9.17, 15) is 0 Å². The molecule has 0 bridgehead atoms. The van der Waals surface area contributed by atoms with Crippen molar-refractivity contribution >= 4 is 23.4 Å². The lowest BCUT2D eigenvalue weighted by molar-refractivity contribution is 0.340. The number of anilines is 1. The van der Waals surface area contributed by atoms with Crippen LogP contribution in [-0.2, 0) is 0 Å². The van der Waals surface area contributed by atoms with Crippen LogP contribution in [0, 0.1) is 0 Å². The van der Waals surface area contributed by atoms with Crippen molar-refractivity contribution in [3.05, 3.63) is 30.3 Å². The van der Waals surface area contributed by atoms with Gasteiger partial charge in [0.2, 0.25) is 0 Å². The SMILES string of the molecule is CSCCCN=C(Nc1ccccc1)N1CCCCC1. The molecule has 0 amide bonds. The van der Waals surface area contributed by atoms with Crippen molar-refractivity contribution < 1.29 is 0 Å². The van der Waals surface area contributed by atoms with E-state index in [0.29, 0.717) is 0 Å². The van der Waals surface area contributed by atoms with Crippen LogP contribution >= 0.6 is 11.8 Å². The number of rotatable bonds is 5. The summed E-state index contributed by atoms with van der Waals surface area (Å²) in [5.74, 6) is 2.24. The van der Waals surface area contributed by atoms with Crippen LogP contribution in [0.1, 0.15) is 25.7 Å². The van der Waals surface area contributed by atoms with Gasteiger partial charge in [-0.2, -0.15) is 11.8 Å². The molecule has 0 aliphatic carbocycles. The second-order valence-corrected chi connectivity index (χ2v) is 6.08. The molecule has 0 aromatic heterocycles. The molecule has 1 aliphatic rings. The van der Waals surface area contributed by atoms with E-state index in [1.165, 1.54) is 25.0 Å². The molecule has 20 heavy (non-hydrogen) atoms. The Morgan fingerprint density at radius 3 is 2.65 bits per heavy atom. The Morgan fingerprint density at radius 1 is 1.20 bits per heavy atom. The fraction of sp³-hybridized carbons (Fsp3) is 0.562. The van der Waals surface area contributed by atoms with Gasteiger partial charge in [-0.15, -0.1) is 0 Å². The quantitative estimate of drug-likeness (QED) is 0.509. The molecule has 1 saturated heterocycles. The number of nitrogens with zero attached hydrogens (tertiary/aromatic N) is 2. The number of benzene rings is 1. The van der Waals surface area contributed by atoms with Gasteiger partial charge in [-0.3, -0.25) is 4.99 Å². The minimum atomic E-state index is 0.909. The van der Waals surface area contributed by atoms with Crippen LogP contribution in [0.25, 0.3) is 0 Å². The lowest BCUT2D eigenvalue weighted by Crippen LogP contribution is -2.40. The summed E-state index contributed by atoms with van der Waals surface area (Å²) in [4.78, 5) is 7.20. The Hall–Kier alpha value is -1.16. The summed E-state index contributed by atoms with van der Waals surface area (Å²) in [5.41, 5.74) is 1.13. The summed E-state index contributed by atoms with van der Waals surface area (Å²) < 4.78 is 0. The third kappa shape index (κ3) is 5.08. The summed E-state index contributed by atoms with van der Waals surface area (Å²) in [7, 11) is 0. The van der Waals surface area contributed by atoms with E-state index in [2.05, 4.69) is 40.7 Å². The monoisotopic (exact) mass is 291 g/mol. The fourth-order valence-corrected chi connectivity index (χ4v) is 2.79. The number of piperidine rings is 1. The molecule has 1 aromatic rings. The van der Waals surface area contributed by atoms with Gasteiger partial charge in [-0.25, -0.2) is 0 Å². The highest BCUT2D eigenvalue weighted by Gasteiger charge is 2.14. The van der Waals surface area contributed by atoms with Crippen LogP contribution in [0.2, 0.25) is 0 Å². The number of para-hydroxylation sites is 1. The fourth-order valence-electron chi connectivity index (χ4n) is 2.37. The highest BCUT2D eigenvalue weighted by molar-refractivity contribution is 7.98. The average Bonchev–Trinajstić information content (AvgIpc) is 2.52.